The van der Waals surface area contributed by atoms with Crippen LogP contribution in [0.1, 0.15) is 43.7 Å². The number of hydrogen-bond donors (Lipinski definition) is 2. The molecule has 0 aliphatic carbocycles. The third-order valence-corrected chi connectivity index (χ3v) is 4.96. The van der Waals surface area contributed by atoms with E-state index in [9.17, 15) is 8.42 Å². The van der Waals surface area contributed by atoms with Crippen LogP contribution in [0.25, 0.3) is 0 Å². The van der Waals surface area contributed by atoms with Crippen molar-refractivity contribution in [1.29, 1.82) is 0 Å². The van der Waals surface area contributed by atoms with E-state index in [0.29, 0.717) is 18.8 Å². The molecule has 1 aromatic rings. The molecule has 0 saturated carbocycles. The van der Waals surface area contributed by atoms with Crippen LogP contribution in [0.2, 0.25) is 0 Å². The molecule has 0 aliphatic heterocycles. The molecule has 5 nitrogen and oxygen atoms in total. The Morgan fingerprint density at radius 2 is 1.82 bits per heavy atom. The van der Waals surface area contributed by atoms with Gasteiger partial charge in [0.15, 0.2) is 0 Å². The summed E-state index contributed by atoms with van der Waals surface area (Å²) in [6, 6.07) is 3.42. The molecule has 126 valence electrons. The molecule has 6 heteroatoms. The standard InChI is InChI=1S/C16H27NO4S/c1-4-5-6-10-21-15-11-13(2)14(3)12-16(15)22(19,20)17-8-7-9-18/h11-12,17-18H,4-10H2,1-3H3. The van der Waals surface area contributed by atoms with Crippen LogP contribution in [0.5, 0.6) is 5.75 Å². The molecule has 1 aromatic carbocycles. The summed E-state index contributed by atoms with van der Waals surface area (Å²) in [7, 11) is -3.63. The Balaban J connectivity index is 2.97. The molecular formula is C16H27NO4S. The van der Waals surface area contributed by atoms with Crippen LogP contribution in [0.3, 0.4) is 0 Å². The van der Waals surface area contributed by atoms with Crippen molar-refractivity contribution in [3.8, 4) is 5.75 Å². The molecule has 0 spiro atoms. The summed E-state index contributed by atoms with van der Waals surface area (Å²) < 4.78 is 33.0. The van der Waals surface area contributed by atoms with Crippen molar-refractivity contribution in [2.24, 2.45) is 0 Å². The largest absolute Gasteiger partial charge is 0.492 e. The molecule has 0 bridgehead atoms. The van der Waals surface area contributed by atoms with Crippen LogP contribution in [-0.2, 0) is 10.0 Å². The molecule has 0 unspecified atom stereocenters. The van der Waals surface area contributed by atoms with Gasteiger partial charge in [-0.1, -0.05) is 19.8 Å². The highest BCUT2D eigenvalue weighted by atomic mass is 32.2. The molecule has 0 aromatic heterocycles. The normalized spacial score (nSPS) is 11.6. The molecule has 1 rings (SSSR count). The Labute approximate surface area is 133 Å². The average Bonchev–Trinajstić information content (AvgIpc) is 2.47. The maximum Gasteiger partial charge on any atom is 0.244 e. The van der Waals surface area contributed by atoms with E-state index in [0.717, 1.165) is 30.4 Å². The number of hydrogen-bond acceptors (Lipinski definition) is 4. The Morgan fingerprint density at radius 3 is 2.45 bits per heavy atom. The highest BCUT2D eigenvalue weighted by molar-refractivity contribution is 7.89. The van der Waals surface area contributed by atoms with Gasteiger partial charge in [-0.05, 0) is 49.9 Å². The van der Waals surface area contributed by atoms with E-state index in [1.807, 2.05) is 13.8 Å². The van der Waals surface area contributed by atoms with Crippen LogP contribution >= 0.6 is 0 Å². The predicted molar refractivity (Wildman–Crippen MR) is 87.8 cm³/mol. The second-order valence-electron chi connectivity index (χ2n) is 5.41. The monoisotopic (exact) mass is 329 g/mol. The zero-order valence-electron chi connectivity index (χ0n) is 13.7. The zero-order chi connectivity index (χ0) is 16.6. The molecule has 2 N–H and O–H groups in total. The van der Waals surface area contributed by atoms with E-state index >= 15 is 0 Å². The average molecular weight is 329 g/mol. The van der Waals surface area contributed by atoms with Gasteiger partial charge in [-0.25, -0.2) is 13.1 Å². The second-order valence-corrected chi connectivity index (χ2v) is 7.15. The van der Waals surface area contributed by atoms with E-state index in [4.69, 9.17) is 9.84 Å². The minimum atomic E-state index is -3.63. The first-order chi connectivity index (χ1) is 10.4. The van der Waals surface area contributed by atoms with Gasteiger partial charge in [0, 0.05) is 13.2 Å². The van der Waals surface area contributed by atoms with Gasteiger partial charge in [-0.2, -0.15) is 0 Å². The highest BCUT2D eigenvalue weighted by Gasteiger charge is 2.20. The van der Waals surface area contributed by atoms with Gasteiger partial charge in [0.1, 0.15) is 10.6 Å². The maximum absolute atomic E-state index is 12.4. The van der Waals surface area contributed by atoms with Gasteiger partial charge >= 0.3 is 0 Å². The van der Waals surface area contributed by atoms with Crippen molar-refractivity contribution >= 4 is 10.0 Å². The number of unbranched alkanes of at least 4 members (excludes halogenated alkanes) is 2. The molecule has 22 heavy (non-hydrogen) atoms. The summed E-state index contributed by atoms with van der Waals surface area (Å²) in [6.07, 6.45) is 3.43. The first-order valence-corrected chi connectivity index (χ1v) is 9.25. The summed E-state index contributed by atoms with van der Waals surface area (Å²) >= 11 is 0. The van der Waals surface area contributed by atoms with E-state index in [1.54, 1.807) is 12.1 Å². The summed E-state index contributed by atoms with van der Waals surface area (Å²) in [4.78, 5) is 0.171. The molecule has 0 atom stereocenters. The first-order valence-electron chi connectivity index (χ1n) is 7.77. The van der Waals surface area contributed by atoms with Crippen molar-refractivity contribution in [3.63, 3.8) is 0 Å². The van der Waals surface area contributed by atoms with Crippen molar-refractivity contribution in [1.82, 2.24) is 4.72 Å². The molecule has 0 radical (unpaired) electrons. The lowest BCUT2D eigenvalue weighted by Crippen LogP contribution is -2.26. The summed E-state index contributed by atoms with van der Waals surface area (Å²) in [6.45, 7) is 6.59. The number of aryl methyl sites for hydroxylation is 2. The Bertz CT molecular complexity index is 570. The molecule has 0 heterocycles. The lowest BCUT2D eigenvalue weighted by atomic mass is 10.1. The molecule has 0 amide bonds. The Morgan fingerprint density at radius 1 is 1.14 bits per heavy atom. The van der Waals surface area contributed by atoms with Crippen molar-refractivity contribution in [2.45, 2.75) is 51.3 Å². The maximum atomic E-state index is 12.4. The highest BCUT2D eigenvalue weighted by Crippen LogP contribution is 2.27. The van der Waals surface area contributed by atoms with E-state index in [-0.39, 0.29) is 18.0 Å². The van der Waals surface area contributed by atoms with Crippen LogP contribution in [0, 0.1) is 13.8 Å². The van der Waals surface area contributed by atoms with Crippen LogP contribution in [-0.4, -0.2) is 33.3 Å². The van der Waals surface area contributed by atoms with Gasteiger partial charge in [-0.15, -0.1) is 0 Å². The van der Waals surface area contributed by atoms with E-state index in [2.05, 4.69) is 11.6 Å². The fraction of sp³-hybridized carbons (Fsp3) is 0.625. The SMILES string of the molecule is CCCCCOc1cc(C)c(C)cc1S(=O)(=O)NCCCO. The van der Waals surface area contributed by atoms with Crippen molar-refractivity contribution in [3.05, 3.63) is 23.3 Å². The zero-order valence-corrected chi connectivity index (χ0v) is 14.5. The number of benzene rings is 1. The fourth-order valence-electron chi connectivity index (χ4n) is 1.98. The molecule has 0 aliphatic rings. The lowest BCUT2D eigenvalue weighted by Gasteiger charge is -2.15. The second kappa shape index (κ2) is 9.12. The molecule has 0 saturated heterocycles. The van der Waals surface area contributed by atoms with Gasteiger partial charge in [0.05, 0.1) is 6.61 Å². The third-order valence-electron chi connectivity index (χ3n) is 3.48. The number of rotatable bonds is 10. The van der Waals surface area contributed by atoms with Gasteiger partial charge in [0.25, 0.3) is 0 Å². The quantitative estimate of drug-likeness (QED) is 0.647. The minimum absolute atomic E-state index is 0.0458. The fourth-order valence-corrected chi connectivity index (χ4v) is 3.27. The number of nitrogens with one attached hydrogen (secondary N) is 1. The van der Waals surface area contributed by atoms with Gasteiger partial charge in [-0.3, -0.25) is 0 Å². The topological polar surface area (TPSA) is 75.6 Å². The smallest absolute Gasteiger partial charge is 0.244 e. The third kappa shape index (κ3) is 5.59. The van der Waals surface area contributed by atoms with Gasteiger partial charge < -0.3 is 9.84 Å². The van der Waals surface area contributed by atoms with E-state index in [1.165, 1.54) is 0 Å². The summed E-state index contributed by atoms with van der Waals surface area (Å²) in [5.41, 5.74) is 1.91. The lowest BCUT2D eigenvalue weighted by molar-refractivity contribution is 0.289. The Hall–Kier alpha value is -1.11. The number of ether oxygens (including phenoxy) is 1. The van der Waals surface area contributed by atoms with Crippen LogP contribution in [0.15, 0.2) is 17.0 Å². The number of aliphatic hydroxyl groups excluding tert-OH is 1. The minimum Gasteiger partial charge on any atom is -0.492 e. The van der Waals surface area contributed by atoms with E-state index < -0.39 is 10.0 Å². The van der Waals surface area contributed by atoms with Gasteiger partial charge in [0.2, 0.25) is 10.0 Å². The van der Waals surface area contributed by atoms with Crippen LogP contribution in [0.4, 0.5) is 0 Å². The number of aliphatic hydroxyl groups is 1. The summed E-state index contributed by atoms with van der Waals surface area (Å²) in [5.74, 6) is 0.399. The Kier molecular flexibility index (Phi) is 7.85. The van der Waals surface area contributed by atoms with Crippen LogP contribution < -0.4 is 9.46 Å². The molecule has 0 fully saturated rings. The summed E-state index contributed by atoms with van der Waals surface area (Å²) in [5, 5.41) is 8.78. The van der Waals surface area contributed by atoms with Crippen molar-refractivity contribution < 1.29 is 18.3 Å². The number of sulfonamides is 1. The molecular weight excluding hydrogens is 302 g/mol. The van der Waals surface area contributed by atoms with Crippen molar-refractivity contribution in [2.75, 3.05) is 19.8 Å². The first kappa shape index (κ1) is 18.9. The predicted octanol–water partition coefficient (Wildman–Crippen LogP) is 2.53.